The number of carbonyl (C=O) groups is 1. The lowest BCUT2D eigenvalue weighted by molar-refractivity contribution is -0.126. The zero-order valence-corrected chi connectivity index (χ0v) is 10.4. The summed E-state index contributed by atoms with van der Waals surface area (Å²) in [5, 5.41) is 0. The molecule has 2 aliphatic carbocycles. The molecule has 1 nitrogen and oxygen atoms in total. The number of carbonyl (C=O) groups excluding carboxylic acids is 1. The molecule has 0 bridgehead atoms. The summed E-state index contributed by atoms with van der Waals surface area (Å²) >= 11 is 0. The highest BCUT2D eigenvalue weighted by Crippen LogP contribution is 2.59. The van der Waals surface area contributed by atoms with Gasteiger partial charge >= 0.3 is 0 Å². The van der Waals surface area contributed by atoms with E-state index in [1.54, 1.807) is 0 Å². The van der Waals surface area contributed by atoms with Crippen molar-refractivity contribution < 1.29 is 4.79 Å². The van der Waals surface area contributed by atoms with Gasteiger partial charge in [-0.15, -0.1) is 0 Å². The van der Waals surface area contributed by atoms with Crippen LogP contribution < -0.4 is 0 Å². The van der Waals surface area contributed by atoms with Crippen LogP contribution in [0.5, 0.6) is 0 Å². The van der Waals surface area contributed by atoms with E-state index >= 15 is 0 Å². The minimum absolute atomic E-state index is 0.307. The van der Waals surface area contributed by atoms with Crippen LogP contribution in [0, 0.1) is 22.7 Å². The first-order valence-electron chi connectivity index (χ1n) is 6.46. The van der Waals surface area contributed by atoms with E-state index in [-0.39, 0.29) is 0 Å². The average Bonchev–Trinajstić information content (AvgIpc) is 2.16. The molecule has 2 rings (SSSR count). The number of fused-ring (bicyclic) bond motifs is 1. The number of aldehydes is 1. The molecule has 0 unspecified atom stereocenters. The fourth-order valence-electron chi connectivity index (χ4n) is 4.43. The van der Waals surface area contributed by atoms with E-state index in [9.17, 15) is 4.79 Å². The van der Waals surface area contributed by atoms with E-state index in [2.05, 4.69) is 20.8 Å². The molecule has 0 spiro atoms. The molecule has 0 aromatic carbocycles. The molecule has 0 radical (unpaired) electrons. The molecule has 0 saturated heterocycles. The van der Waals surface area contributed by atoms with Crippen molar-refractivity contribution in [2.75, 3.05) is 0 Å². The van der Waals surface area contributed by atoms with Crippen LogP contribution in [0.4, 0.5) is 0 Å². The second-order valence-electron chi connectivity index (χ2n) is 6.57. The summed E-state index contributed by atoms with van der Waals surface area (Å²) in [6, 6.07) is 0. The molecule has 0 N–H and O–H groups in total. The number of rotatable bonds is 1. The van der Waals surface area contributed by atoms with Crippen molar-refractivity contribution in [1.82, 2.24) is 0 Å². The molecule has 0 amide bonds. The van der Waals surface area contributed by atoms with Crippen LogP contribution >= 0.6 is 0 Å². The smallest absolute Gasteiger partial charge is 0.123 e. The lowest BCUT2D eigenvalue weighted by Crippen LogP contribution is -2.49. The SMILES string of the molecule is CC1(C)CCC[C@]2(C)[C@@H](C=O)CCC[C@@H]12. The van der Waals surface area contributed by atoms with Gasteiger partial charge in [0.15, 0.2) is 0 Å². The maximum Gasteiger partial charge on any atom is 0.123 e. The van der Waals surface area contributed by atoms with E-state index in [1.165, 1.54) is 38.4 Å². The van der Waals surface area contributed by atoms with E-state index in [4.69, 9.17) is 0 Å². The van der Waals surface area contributed by atoms with Crippen molar-refractivity contribution in [2.45, 2.75) is 59.3 Å². The van der Waals surface area contributed by atoms with Crippen molar-refractivity contribution in [2.24, 2.45) is 22.7 Å². The van der Waals surface area contributed by atoms with Gasteiger partial charge in [0, 0.05) is 5.92 Å². The average molecular weight is 208 g/mol. The first kappa shape index (κ1) is 11.2. The number of hydrogen-bond acceptors (Lipinski definition) is 1. The Morgan fingerprint density at radius 1 is 1.07 bits per heavy atom. The zero-order valence-electron chi connectivity index (χ0n) is 10.4. The molecule has 0 aliphatic heterocycles. The predicted octanol–water partition coefficient (Wildman–Crippen LogP) is 3.82. The second-order valence-corrected chi connectivity index (χ2v) is 6.57. The monoisotopic (exact) mass is 208 g/mol. The molecule has 0 aromatic heterocycles. The Labute approximate surface area is 93.6 Å². The molecular weight excluding hydrogens is 184 g/mol. The molecule has 1 heteroatoms. The molecule has 2 fully saturated rings. The van der Waals surface area contributed by atoms with E-state index in [0.29, 0.717) is 16.7 Å². The van der Waals surface area contributed by atoms with Gasteiger partial charge in [-0.1, -0.05) is 33.6 Å². The van der Waals surface area contributed by atoms with Gasteiger partial charge in [-0.05, 0) is 42.4 Å². The molecule has 86 valence electrons. The van der Waals surface area contributed by atoms with Crippen molar-refractivity contribution in [3.63, 3.8) is 0 Å². The molecule has 0 aromatic rings. The van der Waals surface area contributed by atoms with Crippen molar-refractivity contribution in [1.29, 1.82) is 0 Å². The summed E-state index contributed by atoms with van der Waals surface area (Å²) in [7, 11) is 0. The fraction of sp³-hybridized carbons (Fsp3) is 0.929. The van der Waals surface area contributed by atoms with Crippen LogP contribution in [0.25, 0.3) is 0 Å². The van der Waals surface area contributed by atoms with Crippen molar-refractivity contribution in [3.05, 3.63) is 0 Å². The van der Waals surface area contributed by atoms with Gasteiger partial charge in [0.25, 0.3) is 0 Å². The highest BCUT2D eigenvalue weighted by Gasteiger charge is 2.51. The van der Waals surface area contributed by atoms with Crippen molar-refractivity contribution in [3.8, 4) is 0 Å². The Kier molecular flexibility index (Phi) is 2.68. The van der Waals surface area contributed by atoms with Gasteiger partial charge in [-0.3, -0.25) is 0 Å². The van der Waals surface area contributed by atoms with E-state index in [0.717, 1.165) is 12.3 Å². The Morgan fingerprint density at radius 3 is 2.47 bits per heavy atom. The quantitative estimate of drug-likeness (QED) is 0.599. The van der Waals surface area contributed by atoms with Gasteiger partial charge in [0.05, 0.1) is 0 Å². The molecule has 2 aliphatic rings. The van der Waals surface area contributed by atoms with E-state index < -0.39 is 0 Å². The van der Waals surface area contributed by atoms with E-state index in [1.807, 2.05) is 0 Å². The highest BCUT2D eigenvalue weighted by molar-refractivity contribution is 5.55. The summed E-state index contributed by atoms with van der Waals surface area (Å²) < 4.78 is 0. The Bertz CT molecular complexity index is 256. The van der Waals surface area contributed by atoms with Gasteiger partial charge < -0.3 is 4.79 Å². The maximum atomic E-state index is 11.2. The minimum Gasteiger partial charge on any atom is -0.303 e. The minimum atomic E-state index is 0.307. The third-order valence-electron chi connectivity index (χ3n) is 5.30. The molecule has 15 heavy (non-hydrogen) atoms. The molecule has 3 atom stereocenters. The first-order chi connectivity index (χ1) is 7.00. The van der Waals surface area contributed by atoms with Crippen LogP contribution in [-0.4, -0.2) is 6.29 Å². The summed E-state index contributed by atoms with van der Waals surface area (Å²) in [6.45, 7) is 7.18. The zero-order chi connectivity index (χ0) is 11.1. The largest absolute Gasteiger partial charge is 0.303 e. The van der Waals surface area contributed by atoms with Gasteiger partial charge in [0.1, 0.15) is 6.29 Å². The first-order valence-corrected chi connectivity index (χ1v) is 6.46. The Balaban J connectivity index is 2.30. The molecule has 0 heterocycles. The van der Waals surface area contributed by atoms with Crippen LogP contribution in [0.3, 0.4) is 0 Å². The summed E-state index contributed by atoms with van der Waals surface area (Å²) in [5.74, 6) is 1.10. The lowest BCUT2D eigenvalue weighted by atomic mass is 9.49. The Hall–Kier alpha value is -0.330. The lowest BCUT2D eigenvalue weighted by Gasteiger charge is -2.56. The molecule has 2 saturated carbocycles. The second kappa shape index (κ2) is 3.61. The van der Waals surface area contributed by atoms with Crippen molar-refractivity contribution >= 4 is 6.29 Å². The molecular formula is C14H24O. The maximum absolute atomic E-state index is 11.2. The third-order valence-corrected chi connectivity index (χ3v) is 5.30. The summed E-state index contributed by atoms with van der Waals surface area (Å²) in [4.78, 5) is 11.2. The fourth-order valence-corrected chi connectivity index (χ4v) is 4.43. The predicted molar refractivity (Wildman–Crippen MR) is 62.6 cm³/mol. The Morgan fingerprint density at radius 2 is 1.80 bits per heavy atom. The van der Waals surface area contributed by atoms with Crippen LogP contribution in [0.2, 0.25) is 0 Å². The summed E-state index contributed by atoms with van der Waals surface area (Å²) in [5.41, 5.74) is 0.760. The normalized spacial score (nSPS) is 44.5. The van der Waals surface area contributed by atoms with Gasteiger partial charge in [-0.25, -0.2) is 0 Å². The van der Waals surface area contributed by atoms with Gasteiger partial charge in [0.2, 0.25) is 0 Å². The highest BCUT2D eigenvalue weighted by atomic mass is 16.1. The standard InChI is InChI=1S/C14H24O/c1-13(2)8-5-9-14(3)11(10-15)6-4-7-12(13)14/h10-12H,4-9H2,1-3H3/t11-,12+,14-/m1/s1. The van der Waals surface area contributed by atoms with Crippen LogP contribution in [0.1, 0.15) is 59.3 Å². The third kappa shape index (κ3) is 1.64. The van der Waals surface area contributed by atoms with Crippen LogP contribution in [-0.2, 0) is 4.79 Å². The van der Waals surface area contributed by atoms with Crippen LogP contribution in [0.15, 0.2) is 0 Å². The number of hydrogen-bond donors (Lipinski definition) is 0. The topological polar surface area (TPSA) is 17.1 Å². The summed E-state index contributed by atoms with van der Waals surface area (Å²) in [6.07, 6.45) is 8.90. The van der Waals surface area contributed by atoms with Gasteiger partial charge in [-0.2, -0.15) is 0 Å².